The van der Waals surface area contributed by atoms with Gasteiger partial charge in [0.05, 0.1) is 0 Å². The molecule has 2 heterocycles. The summed E-state index contributed by atoms with van der Waals surface area (Å²) in [5, 5.41) is 1.10. The number of rotatable bonds is 2. The van der Waals surface area contributed by atoms with Crippen LogP contribution >= 0.6 is 11.5 Å². The first-order valence-electron chi connectivity index (χ1n) is 6.82. The summed E-state index contributed by atoms with van der Waals surface area (Å²) in [5.74, 6) is 0.971. The van der Waals surface area contributed by atoms with E-state index in [4.69, 9.17) is 4.98 Å². The minimum Gasteiger partial charge on any atom is -0.346 e. The average molecular weight is 268 g/mol. The summed E-state index contributed by atoms with van der Waals surface area (Å²) in [7, 11) is 0. The Kier molecular flexibility index (Phi) is 4.22. The van der Waals surface area contributed by atoms with Crippen molar-refractivity contribution in [3.8, 4) is 0 Å². The second-order valence-corrected chi connectivity index (χ2v) is 6.66. The molecule has 0 bridgehead atoms. The molecule has 1 aromatic rings. The van der Waals surface area contributed by atoms with E-state index in [1.165, 1.54) is 13.0 Å². The standard InChI is InChI=1S/C13H24N4S/c1-5-16-7-6-8-17(10-9-16)12-14-11(15-18-12)13(2,3)4/h5-10H2,1-4H3. The second-order valence-electron chi connectivity index (χ2n) is 5.93. The van der Waals surface area contributed by atoms with Crippen LogP contribution in [0.1, 0.15) is 39.9 Å². The Hall–Kier alpha value is -0.680. The van der Waals surface area contributed by atoms with Crippen LogP contribution in [0.25, 0.3) is 0 Å². The molecule has 18 heavy (non-hydrogen) atoms. The van der Waals surface area contributed by atoms with Gasteiger partial charge in [0, 0.05) is 36.6 Å². The summed E-state index contributed by atoms with van der Waals surface area (Å²) in [5.41, 5.74) is 0.0516. The number of aromatic nitrogens is 2. The van der Waals surface area contributed by atoms with E-state index in [9.17, 15) is 0 Å². The summed E-state index contributed by atoms with van der Waals surface area (Å²) in [6.07, 6.45) is 1.22. The molecule has 0 saturated carbocycles. The number of nitrogens with zero attached hydrogens (tertiary/aromatic N) is 4. The van der Waals surface area contributed by atoms with Crippen LogP contribution < -0.4 is 4.90 Å². The lowest BCUT2D eigenvalue weighted by atomic mass is 9.96. The van der Waals surface area contributed by atoms with Gasteiger partial charge in [0.25, 0.3) is 0 Å². The SMILES string of the molecule is CCN1CCCN(c2nc(C(C)(C)C)ns2)CC1. The zero-order valence-electron chi connectivity index (χ0n) is 11.9. The van der Waals surface area contributed by atoms with Crippen molar-refractivity contribution in [2.75, 3.05) is 37.6 Å². The number of likely N-dealkylation sites (N-methyl/N-ethyl adjacent to an activating group) is 1. The van der Waals surface area contributed by atoms with Gasteiger partial charge in [0.2, 0.25) is 5.13 Å². The summed E-state index contributed by atoms with van der Waals surface area (Å²) in [6.45, 7) is 14.4. The molecule has 2 rings (SSSR count). The molecule has 5 heteroatoms. The van der Waals surface area contributed by atoms with Crippen LogP contribution in [0.3, 0.4) is 0 Å². The Balaban J connectivity index is 2.05. The fourth-order valence-corrected chi connectivity index (χ4v) is 3.04. The van der Waals surface area contributed by atoms with Gasteiger partial charge in [-0.15, -0.1) is 0 Å². The van der Waals surface area contributed by atoms with E-state index in [0.29, 0.717) is 0 Å². The van der Waals surface area contributed by atoms with Crippen LogP contribution in [0.4, 0.5) is 5.13 Å². The quantitative estimate of drug-likeness (QED) is 0.824. The van der Waals surface area contributed by atoms with Crippen molar-refractivity contribution in [1.29, 1.82) is 0 Å². The van der Waals surface area contributed by atoms with Gasteiger partial charge in [-0.25, -0.2) is 4.98 Å². The third kappa shape index (κ3) is 3.20. The first-order valence-corrected chi connectivity index (χ1v) is 7.59. The highest BCUT2D eigenvalue weighted by molar-refractivity contribution is 7.09. The Morgan fingerprint density at radius 1 is 1.17 bits per heavy atom. The molecule has 0 unspecified atom stereocenters. The maximum atomic E-state index is 4.71. The summed E-state index contributed by atoms with van der Waals surface area (Å²) in [6, 6.07) is 0. The lowest BCUT2D eigenvalue weighted by molar-refractivity contribution is 0.310. The monoisotopic (exact) mass is 268 g/mol. The highest BCUT2D eigenvalue weighted by Gasteiger charge is 2.22. The lowest BCUT2D eigenvalue weighted by Crippen LogP contribution is -2.30. The Labute approximate surface area is 114 Å². The minimum absolute atomic E-state index is 0.0516. The highest BCUT2D eigenvalue weighted by atomic mass is 32.1. The van der Waals surface area contributed by atoms with Gasteiger partial charge in [0.1, 0.15) is 5.82 Å². The van der Waals surface area contributed by atoms with Gasteiger partial charge in [-0.1, -0.05) is 27.7 Å². The van der Waals surface area contributed by atoms with Crippen LogP contribution in [0.15, 0.2) is 0 Å². The van der Waals surface area contributed by atoms with Crippen molar-refractivity contribution < 1.29 is 0 Å². The van der Waals surface area contributed by atoms with Gasteiger partial charge >= 0.3 is 0 Å². The second kappa shape index (κ2) is 5.53. The number of hydrogen-bond donors (Lipinski definition) is 0. The van der Waals surface area contributed by atoms with E-state index in [1.807, 2.05) is 0 Å². The fraction of sp³-hybridized carbons (Fsp3) is 0.846. The highest BCUT2D eigenvalue weighted by Crippen LogP contribution is 2.25. The van der Waals surface area contributed by atoms with Gasteiger partial charge in [-0.2, -0.15) is 4.37 Å². The van der Waals surface area contributed by atoms with Crippen LogP contribution in [0.2, 0.25) is 0 Å². The maximum absolute atomic E-state index is 4.71. The topological polar surface area (TPSA) is 32.3 Å². The Bertz CT molecular complexity index is 383. The third-order valence-corrected chi connectivity index (χ3v) is 4.17. The maximum Gasteiger partial charge on any atom is 0.205 e. The molecule has 102 valence electrons. The summed E-state index contributed by atoms with van der Waals surface area (Å²) in [4.78, 5) is 9.61. The zero-order valence-corrected chi connectivity index (χ0v) is 12.8. The molecule has 0 radical (unpaired) electrons. The molecule has 4 nitrogen and oxygen atoms in total. The molecule has 1 aromatic heterocycles. The molecule has 1 fully saturated rings. The van der Waals surface area contributed by atoms with Gasteiger partial charge < -0.3 is 9.80 Å². The van der Waals surface area contributed by atoms with Crippen LogP contribution in [0.5, 0.6) is 0 Å². The molecular formula is C13H24N4S. The van der Waals surface area contributed by atoms with Crippen molar-refractivity contribution in [2.24, 2.45) is 0 Å². The van der Waals surface area contributed by atoms with Crippen molar-refractivity contribution in [1.82, 2.24) is 14.3 Å². The van der Waals surface area contributed by atoms with E-state index in [1.54, 1.807) is 11.5 Å². The molecule has 1 aliphatic rings. The Morgan fingerprint density at radius 3 is 2.56 bits per heavy atom. The Morgan fingerprint density at radius 2 is 1.94 bits per heavy atom. The van der Waals surface area contributed by atoms with Crippen molar-refractivity contribution >= 4 is 16.7 Å². The van der Waals surface area contributed by atoms with Gasteiger partial charge in [0.15, 0.2) is 0 Å². The third-order valence-electron chi connectivity index (χ3n) is 3.39. The van der Waals surface area contributed by atoms with Crippen molar-refractivity contribution in [2.45, 2.75) is 39.5 Å². The zero-order chi connectivity index (χ0) is 13.2. The lowest BCUT2D eigenvalue weighted by Gasteiger charge is -2.20. The normalized spacial score (nSPS) is 19.0. The van der Waals surface area contributed by atoms with E-state index in [2.05, 4.69) is 41.9 Å². The first-order chi connectivity index (χ1) is 8.50. The molecule has 0 amide bonds. The predicted molar refractivity (Wildman–Crippen MR) is 77.6 cm³/mol. The summed E-state index contributed by atoms with van der Waals surface area (Å²) >= 11 is 1.55. The van der Waals surface area contributed by atoms with E-state index in [0.717, 1.165) is 37.1 Å². The molecule has 0 spiro atoms. The molecule has 1 saturated heterocycles. The smallest absolute Gasteiger partial charge is 0.205 e. The fourth-order valence-electron chi connectivity index (χ4n) is 2.13. The van der Waals surface area contributed by atoms with E-state index in [-0.39, 0.29) is 5.41 Å². The van der Waals surface area contributed by atoms with E-state index >= 15 is 0 Å². The molecule has 0 aromatic carbocycles. The van der Waals surface area contributed by atoms with Crippen LogP contribution in [0, 0.1) is 0 Å². The van der Waals surface area contributed by atoms with Gasteiger partial charge in [-0.3, -0.25) is 0 Å². The van der Waals surface area contributed by atoms with Crippen molar-refractivity contribution in [3.05, 3.63) is 5.82 Å². The van der Waals surface area contributed by atoms with Crippen LogP contribution in [-0.4, -0.2) is 47.0 Å². The van der Waals surface area contributed by atoms with Gasteiger partial charge in [-0.05, 0) is 19.5 Å². The number of anilines is 1. The molecule has 1 aliphatic heterocycles. The predicted octanol–water partition coefficient (Wildman–Crippen LogP) is 2.37. The summed E-state index contributed by atoms with van der Waals surface area (Å²) < 4.78 is 4.51. The number of hydrogen-bond acceptors (Lipinski definition) is 5. The molecule has 0 atom stereocenters. The first kappa shape index (κ1) is 13.7. The molecule has 0 aliphatic carbocycles. The van der Waals surface area contributed by atoms with Crippen molar-refractivity contribution in [3.63, 3.8) is 0 Å². The largest absolute Gasteiger partial charge is 0.346 e. The van der Waals surface area contributed by atoms with Crippen LogP contribution in [-0.2, 0) is 5.41 Å². The molecule has 0 N–H and O–H groups in total. The molecular weight excluding hydrogens is 244 g/mol. The minimum atomic E-state index is 0.0516. The average Bonchev–Trinajstić information content (AvgIpc) is 2.68. The van der Waals surface area contributed by atoms with E-state index < -0.39 is 0 Å².